The van der Waals surface area contributed by atoms with Crippen LogP contribution in [0.15, 0.2) is 23.2 Å². The van der Waals surface area contributed by atoms with E-state index in [9.17, 15) is 4.79 Å². The van der Waals surface area contributed by atoms with E-state index in [-0.39, 0.29) is 11.6 Å². The Balaban J connectivity index is 2.52. The van der Waals surface area contributed by atoms with Crippen LogP contribution in [-0.4, -0.2) is 35.0 Å². The van der Waals surface area contributed by atoms with Crippen LogP contribution >= 0.6 is 11.6 Å². The molecule has 0 aliphatic rings. The Morgan fingerprint density at radius 1 is 1.61 bits per heavy atom. The lowest BCUT2D eigenvalue weighted by molar-refractivity contribution is 0.0596. The quantitative estimate of drug-likeness (QED) is 0.382. The number of nitrogens with two attached hydrogens (primary N) is 1. The minimum absolute atomic E-state index is 0.146. The van der Waals surface area contributed by atoms with E-state index in [1.165, 1.54) is 7.11 Å². The summed E-state index contributed by atoms with van der Waals surface area (Å²) in [5.74, 6) is -0.0559. The molecule has 0 saturated carbocycles. The van der Waals surface area contributed by atoms with Gasteiger partial charge >= 0.3 is 5.97 Å². The molecule has 0 amide bonds. The zero-order valence-electron chi connectivity index (χ0n) is 9.61. The van der Waals surface area contributed by atoms with Crippen LogP contribution in [0.4, 0.5) is 5.69 Å². The average molecular weight is 267 g/mol. The Morgan fingerprint density at radius 3 is 3.06 bits per heavy atom. The van der Waals surface area contributed by atoms with E-state index < -0.39 is 5.97 Å². The van der Waals surface area contributed by atoms with Crippen LogP contribution in [0.1, 0.15) is 10.5 Å². The van der Waals surface area contributed by atoms with Crippen molar-refractivity contribution < 1.29 is 9.53 Å². The minimum atomic E-state index is -0.507. The molecule has 0 unspecified atom stereocenters. The van der Waals surface area contributed by atoms with Gasteiger partial charge in [-0.15, -0.1) is 11.6 Å². The zero-order chi connectivity index (χ0) is 13.1. The van der Waals surface area contributed by atoms with Crippen molar-refractivity contribution in [1.82, 2.24) is 10.2 Å². The molecule has 0 spiro atoms. The summed E-state index contributed by atoms with van der Waals surface area (Å²) in [6, 6.07) is 5.21. The summed E-state index contributed by atoms with van der Waals surface area (Å²) in [7, 11) is 1.30. The molecule has 0 bridgehead atoms. The highest BCUT2D eigenvalue weighted by molar-refractivity contribution is 6.28. The van der Waals surface area contributed by atoms with Crippen molar-refractivity contribution in [3.8, 4) is 0 Å². The Bertz CT molecular complexity index is 621. The molecule has 2 rings (SSSR count). The van der Waals surface area contributed by atoms with Gasteiger partial charge in [0, 0.05) is 5.39 Å². The lowest BCUT2D eigenvalue weighted by Gasteiger charge is -1.98. The van der Waals surface area contributed by atoms with Gasteiger partial charge in [-0.2, -0.15) is 5.10 Å². The number of halogens is 1. The van der Waals surface area contributed by atoms with Crippen molar-refractivity contribution in [2.75, 3.05) is 13.0 Å². The molecule has 18 heavy (non-hydrogen) atoms. The number of hydrogen-bond acceptors (Lipinski definition) is 4. The molecule has 2 aromatic rings. The van der Waals surface area contributed by atoms with E-state index in [1.807, 2.05) is 0 Å². The number of methoxy groups -OCH3 is 1. The molecule has 1 heterocycles. The summed E-state index contributed by atoms with van der Waals surface area (Å²) < 4.78 is 4.64. The standard InChI is InChI=1S/C11H11ClN4O2/c1-18-11(17)10-7-4-6(14-9(13)5-12)2-3-8(7)15-16-10/h2-4H,5H2,1H3,(H2,13,14)(H,15,16). The highest BCUT2D eigenvalue weighted by Crippen LogP contribution is 2.23. The first-order chi connectivity index (χ1) is 8.65. The second-order valence-corrected chi connectivity index (χ2v) is 3.80. The van der Waals surface area contributed by atoms with E-state index in [0.29, 0.717) is 16.9 Å². The van der Waals surface area contributed by atoms with E-state index >= 15 is 0 Å². The van der Waals surface area contributed by atoms with Gasteiger partial charge in [0.2, 0.25) is 0 Å². The molecule has 6 nitrogen and oxygen atoms in total. The van der Waals surface area contributed by atoms with Crippen molar-refractivity contribution >= 4 is 40.0 Å². The summed E-state index contributed by atoms with van der Waals surface area (Å²) in [5.41, 5.74) is 7.09. The Hall–Kier alpha value is -2.08. The predicted octanol–water partition coefficient (Wildman–Crippen LogP) is 1.58. The second kappa shape index (κ2) is 5.05. The van der Waals surface area contributed by atoms with Crippen molar-refractivity contribution in [1.29, 1.82) is 0 Å². The van der Waals surface area contributed by atoms with Crippen LogP contribution in [0.5, 0.6) is 0 Å². The molecular formula is C11H11ClN4O2. The van der Waals surface area contributed by atoms with Gasteiger partial charge in [-0.3, -0.25) is 5.10 Å². The summed E-state index contributed by atoms with van der Waals surface area (Å²) >= 11 is 5.55. The number of aromatic amines is 1. The number of nitrogens with zero attached hydrogens (tertiary/aromatic N) is 2. The van der Waals surface area contributed by atoms with Crippen LogP contribution in [0.2, 0.25) is 0 Å². The lowest BCUT2D eigenvalue weighted by Crippen LogP contribution is -2.12. The number of aliphatic imine (C=N–C) groups is 1. The number of rotatable bonds is 3. The third-order valence-corrected chi connectivity index (χ3v) is 2.61. The maximum Gasteiger partial charge on any atom is 0.359 e. The SMILES string of the molecule is COC(=O)c1n[nH]c2ccc(N=C(N)CCl)cc12. The number of benzene rings is 1. The molecule has 1 aromatic carbocycles. The van der Waals surface area contributed by atoms with Gasteiger partial charge in [-0.1, -0.05) is 0 Å². The molecular weight excluding hydrogens is 256 g/mol. The number of amidine groups is 1. The van der Waals surface area contributed by atoms with Crippen LogP contribution < -0.4 is 5.73 Å². The second-order valence-electron chi connectivity index (χ2n) is 3.53. The first-order valence-corrected chi connectivity index (χ1v) is 5.64. The van der Waals surface area contributed by atoms with E-state index in [1.54, 1.807) is 18.2 Å². The third-order valence-electron chi connectivity index (χ3n) is 2.33. The van der Waals surface area contributed by atoms with Gasteiger partial charge in [0.15, 0.2) is 5.69 Å². The monoisotopic (exact) mass is 266 g/mol. The number of H-pyrrole nitrogens is 1. The van der Waals surface area contributed by atoms with Crippen molar-refractivity contribution in [3.63, 3.8) is 0 Å². The molecule has 0 aliphatic heterocycles. The van der Waals surface area contributed by atoms with E-state index in [2.05, 4.69) is 19.9 Å². The number of alkyl halides is 1. The van der Waals surface area contributed by atoms with Crippen LogP contribution in [0.25, 0.3) is 10.9 Å². The maximum absolute atomic E-state index is 11.5. The number of hydrogen-bond donors (Lipinski definition) is 2. The summed E-state index contributed by atoms with van der Waals surface area (Å²) in [5, 5.41) is 7.27. The molecule has 3 N–H and O–H groups in total. The molecule has 0 atom stereocenters. The molecule has 0 radical (unpaired) electrons. The predicted molar refractivity (Wildman–Crippen MR) is 69.4 cm³/mol. The Labute approximate surface area is 108 Å². The van der Waals surface area contributed by atoms with Gasteiger partial charge < -0.3 is 10.5 Å². The molecule has 0 saturated heterocycles. The fourth-order valence-corrected chi connectivity index (χ4v) is 1.58. The maximum atomic E-state index is 11.5. The number of aromatic nitrogens is 2. The lowest BCUT2D eigenvalue weighted by atomic mass is 10.2. The summed E-state index contributed by atoms with van der Waals surface area (Å²) in [6.45, 7) is 0. The first kappa shape index (κ1) is 12.4. The Morgan fingerprint density at radius 2 is 2.39 bits per heavy atom. The normalized spacial score (nSPS) is 11.8. The zero-order valence-corrected chi connectivity index (χ0v) is 10.4. The minimum Gasteiger partial charge on any atom is -0.464 e. The number of fused-ring (bicyclic) bond motifs is 1. The molecule has 0 fully saturated rings. The fraction of sp³-hybridized carbons (Fsp3) is 0.182. The van der Waals surface area contributed by atoms with Gasteiger partial charge in [-0.25, -0.2) is 9.79 Å². The summed E-state index contributed by atoms with van der Waals surface area (Å²) in [6.07, 6.45) is 0. The van der Waals surface area contributed by atoms with Crippen LogP contribution in [-0.2, 0) is 4.74 Å². The average Bonchev–Trinajstić information content (AvgIpc) is 2.80. The number of carbonyl (C=O) groups is 1. The third kappa shape index (κ3) is 2.28. The highest BCUT2D eigenvalue weighted by atomic mass is 35.5. The molecule has 1 aromatic heterocycles. The number of esters is 1. The number of ether oxygens (including phenoxy) is 1. The van der Waals surface area contributed by atoms with E-state index in [0.717, 1.165) is 5.52 Å². The van der Waals surface area contributed by atoms with Crippen LogP contribution in [0.3, 0.4) is 0 Å². The van der Waals surface area contributed by atoms with E-state index in [4.69, 9.17) is 17.3 Å². The van der Waals surface area contributed by atoms with Gasteiger partial charge in [-0.05, 0) is 18.2 Å². The van der Waals surface area contributed by atoms with Gasteiger partial charge in [0.1, 0.15) is 5.84 Å². The molecule has 94 valence electrons. The van der Waals surface area contributed by atoms with Crippen molar-refractivity contribution in [2.24, 2.45) is 10.7 Å². The Kier molecular flexibility index (Phi) is 3.47. The van der Waals surface area contributed by atoms with Crippen molar-refractivity contribution in [2.45, 2.75) is 0 Å². The van der Waals surface area contributed by atoms with Gasteiger partial charge in [0.05, 0.1) is 24.2 Å². The first-order valence-electron chi connectivity index (χ1n) is 5.11. The number of nitrogens with one attached hydrogen (secondary N) is 1. The molecule has 0 aliphatic carbocycles. The van der Waals surface area contributed by atoms with Gasteiger partial charge in [0.25, 0.3) is 0 Å². The summed E-state index contributed by atoms with van der Waals surface area (Å²) in [4.78, 5) is 15.6. The number of carbonyl (C=O) groups excluding carboxylic acids is 1. The van der Waals surface area contributed by atoms with Crippen LogP contribution in [0, 0.1) is 0 Å². The fourth-order valence-electron chi connectivity index (χ4n) is 1.52. The smallest absolute Gasteiger partial charge is 0.359 e. The highest BCUT2D eigenvalue weighted by Gasteiger charge is 2.14. The largest absolute Gasteiger partial charge is 0.464 e. The topological polar surface area (TPSA) is 93.4 Å². The molecule has 7 heteroatoms. The van der Waals surface area contributed by atoms with Crippen molar-refractivity contribution in [3.05, 3.63) is 23.9 Å².